The third-order valence-electron chi connectivity index (χ3n) is 4.29. The first-order valence-electron chi connectivity index (χ1n) is 9.76. The van der Waals surface area contributed by atoms with Crippen LogP contribution in [0.2, 0.25) is 0 Å². The molecule has 0 bridgehead atoms. The third kappa shape index (κ3) is 6.69. The molecule has 2 aromatic rings. The number of thioether (sulfide) groups is 1. The predicted molar refractivity (Wildman–Crippen MR) is 120 cm³/mol. The van der Waals surface area contributed by atoms with Crippen molar-refractivity contribution in [1.29, 1.82) is 0 Å². The SMILES string of the molecule is CCCCSc1ccc(C#Cc2ccc(C(=O)OC)cc2NC(C)=O)cc1CC. The molecule has 2 rings (SSSR count). The molecule has 1 amide bonds. The summed E-state index contributed by atoms with van der Waals surface area (Å²) in [7, 11) is 1.32. The Morgan fingerprint density at radius 1 is 1.10 bits per heavy atom. The quantitative estimate of drug-likeness (QED) is 0.292. The van der Waals surface area contributed by atoms with Gasteiger partial charge in [0, 0.05) is 22.9 Å². The zero-order valence-corrected chi connectivity index (χ0v) is 18.2. The molecule has 0 radical (unpaired) electrons. The van der Waals surface area contributed by atoms with Crippen molar-refractivity contribution in [2.75, 3.05) is 18.2 Å². The van der Waals surface area contributed by atoms with E-state index in [0.29, 0.717) is 16.8 Å². The van der Waals surface area contributed by atoms with Crippen molar-refractivity contribution in [1.82, 2.24) is 0 Å². The van der Waals surface area contributed by atoms with Crippen molar-refractivity contribution in [2.24, 2.45) is 0 Å². The van der Waals surface area contributed by atoms with E-state index in [-0.39, 0.29) is 5.91 Å². The molecular formula is C24H27NO3S. The highest BCUT2D eigenvalue weighted by Crippen LogP contribution is 2.25. The Bertz CT molecular complexity index is 941. The van der Waals surface area contributed by atoms with E-state index in [2.05, 4.69) is 43.1 Å². The van der Waals surface area contributed by atoms with Gasteiger partial charge in [0.1, 0.15) is 0 Å². The van der Waals surface area contributed by atoms with Gasteiger partial charge >= 0.3 is 5.97 Å². The number of anilines is 1. The Morgan fingerprint density at radius 2 is 1.90 bits per heavy atom. The van der Waals surface area contributed by atoms with Crippen LogP contribution in [0.1, 0.15) is 60.7 Å². The molecule has 0 aliphatic rings. The van der Waals surface area contributed by atoms with Crippen molar-refractivity contribution < 1.29 is 14.3 Å². The van der Waals surface area contributed by atoms with Gasteiger partial charge in [0.2, 0.25) is 5.91 Å². The van der Waals surface area contributed by atoms with Crippen LogP contribution in [-0.2, 0) is 16.0 Å². The number of ether oxygens (including phenoxy) is 1. The van der Waals surface area contributed by atoms with Crippen LogP contribution in [-0.4, -0.2) is 24.7 Å². The van der Waals surface area contributed by atoms with Crippen LogP contribution in [0, 0.1) is 11.8 Å². The fraction of sp³-hybridized carbons (Fsp3) is 0.333. The van der Waals surface area contributed by atoms with Crippen molar-refractivity contribution >= 4 is 29.3 Å². The number of hydrogen-bond acceptors (Lipinski definition) is 4. The van der Waals surface area contributed by atoms with Gasteiger partial charge in [0.15, 0.2) is 0 Å². The number of unbranched alkanes of at least 4 members (excludes halogenated alkanes) is 1. The Balaban J connectivity index is 2.32. The van der Waals surface area contributed by atoms with Gasteiger partial charge < -0.3 is 10.1 Å². The summed E-state index contributed by atoms with van der Waals surface area (Å²) in [6.07, 6.45) is 3.36. The van der Waals surface area contributed by atoms with E-state index in [1.807, 2.05) is 17.8 Å². The number of hydrogen-bond donors (Lipinski definition) is 1. The standard InChI is InChI=1S/C24H27NO3S/c1-5-7-14-29-23-13-9-18(15-19(23)6-2)8-10-20-11-12-21(24(27)28-4)16-22(20)25-17(3)26/h9,11-13,15-16H,5-7,14H2,1-4H3,(H,25,26). The molecule has 152 valence electrons. The number of benzene rings is 2. The van der Waals surface area contributed by atoms with Gasteiger partial charge in [0.25, 0.3) is 0 Å². The summed E-state index contributed by atoms with van der Waals surface area (Å²) in [6.45, 7) is 5.77. The number of carbonyl (C=O) groups excluding carboxylic acids is 2. The molecule has 29 heavy (non-hydrogen) atoms. The second kappa shape index (κ2) is 11.3. The molecule has 0 spiro atoms. The highest BCUT2D eigenvalue weighted by molar-refractivity contribution is 7.99. The molecule has 0 unspecified atom stereocenters. The van der Waals surface area contributed by atoms with Gasteiger partial charge in [-0.05, 0) is 60.6 Å². The normalized spacial score (nSPS) is 10.1. The van der Waals surface area contributed by atoms with Crippen molar-refractivity contribution in [3.8, 4) is 11.8 Å². The van der Waals surface area contributed by atoms with Gasteiger partial charge in [-0.15, -0.1) is 11.8 Å². The zero-order chi connectivity index (χ0) is 21.2. The van der Waals surface area contributed by atoms with Crippen molar-refractivity contribution in [3.63, 3.8) is 0 Å². The van der Waals surface area contributed by atoms with Gasteiger partial charge in [-0.1, -0.05) is 32.1 Å². The van der Waals surface area contributed by atoms with Crippen LogP contribution < -0.4 is 5.32 Å². The summed E-state index contributed by atoms with van der Waals surface area (Å²) in [5.41, 5.74) is 3.72. The van der Waals surface area contributed by atoms with Crippen molar-refractivity contribution in [2.45, 2.75) is 44.9 Å². The van der Waals surface area contributed by atoms with E-state index in [1.165, 1.54) is 37.3 Å². The maximum Gasteiger partial charge on any atom is 0.337 e. The lowest BCUT2D eigenvalue weighted by atomic mass is 10.1. The first-order chi connectivity index (χ1) is 14.0. The number of aryl methyl sites for hydroxylation is 1. The number of nitrogens with one attached hydrogen (secondary N) is 1. The summed E-state index contributed by atoms with van der Waals surface area (Å²) in [6, 6.07) is 11.2. The number of carbonyl (C=O) groups is 2. The summed E-state index contributed by atoms with van der Waals surface area (Å²) >= 11 is 1.90. The Labute approximate surface area is 177 Å². The van der Waals surface area contributed by atoms with Crippen LogP contribution in [0.4, 0.5) is 5.69 Å². The minimum Gasteiger partial charge on any atom is -0.465 e. The maximum absolute atomic E-state index is 11.8. The summed E-state index contributed by atoms with van der Waals surface area (Å²) in [5.74, 6) is 6.74. The third-order valence-corrected chi connectivity index (χ3v) is 5.49. The minimum atomic E-state index is -0.458. The van der Waals surface area contributed by atoms with Gasteiger partial charge in [-0.25, -0.2) is 4.79 Å². The molecule has 0 heterocycles. The van der Waals surface area contributed by atoms with Crippen molar-refractivity contribution in [3.05, 3.63) is 58.7 Å². The van der Waals surface area contributed by atoms with Gasteiger partial charge in [-0.2, -0.15) is 0 Å². The topological polar surface area (TPSA) is 55.4 Å². The molecular weight excluding hydrogens is 382 g/mol. The average Bonchev–Trinajstić information content (AvgIpc) is 2.72. The van der Waals surface area contributed by atoms with Gasteiger partial charge in [0.05, 0.1) is 18.4 Å². The highest BCUT2D eigenvalue weighted by Gasteiger charge is 2.10. The van der Waals surface area contributed by atoms with Crippen LogP contribution in [0.25, 0.3) is 0 Å². The fourth-order valence-corrected chi connectivity index (χ4v) is 3.94. The average molecular weight is 410 g/mol. The molecule has 0 saturated carbocycles. The molecule has 1 N–H and O–H groups in total. The van der Waals surface area contributed by atoms with Crippen LogP contribution in [0.5, 0.6) is 0 Å². The summed E-state index contributed by atoms with van der Waals surface area (Å²) in [4.78, 5) is 24.6. The Kier molecular flexibility index (Phi) is 8.82. The molecule has 0 atom stereocenters. The second-order valence-corrected chi connectivity index (χ2v) is 7.70. The molecule has 5 heteroatoms. The van der Waals surface area contributed by atoms with E-state index in [0.717, 1.165) is 17.7 Å². The van der Waals surface area contributed by atoms with E-state index < -0.39 is 5.97 Å². The Morgan fingerprint density at radius 3 is 2.55 bits per heavy atom. The molecule has 0 aliphatic carbocycles. The lowest BCUT2D eigenvalue weighted by Crippen LogP contribution is -2.09. The lowest BCUT2D eigenvalue weighted by molar-refractivity contribution is -0.114. The number of esters is 1. The predicted octanol–water partition coefficient (Wildman–Crippen LogP) is 5.29. The molecule has 0 fully saturated rings. The molecule has 0 aliphatic heterocycles. The number of rotatable bonds is 7. The smallest absolute Gasteiger partial charge is 0.337 e. The molecule has 2 aromatic carbocycles. The Hall–Kier alpha value is -2.71. The summed E-state index contributed by atoms with van der Waals surface area (Å²) < 4.78 is 4.75. The molecule has 0 saturated heterocycles. The number of amides is 1. The first kappa shape index (κ1) is 22.6. The largest absolute Gasteiger partial charge is 0.465 e. The van der Waals surface area contributed by atoms with Crippen LogP contribution in [0.3, 0.4) is 0 Å². The van der Waals surface area contributed by atoms with E-state index in [1.54, 1.807) is 18.2 Å². The highest BCUT2D eigenvalue weighted by atomic mass is 32.2. The summed E-state index contributed by atoms with van der Waals surface area (Å²) in [5, 5.41) is 2.74. The van der Waals surface area contributed by atoms with E-state index in [4.69, 9.17) is 4.74 Å². The van der Waals surface area contributed by atoms with Gasteiger partial charge in [-0.3, -0.25) is 4.79 Å². The second-order valence-electron chi connectivity index (χ2n) is 6.56. The number of methoxy groups -OCH3 is 1. The van der Waals surface area contributed by atoms with Crippen LogP contribution >= 0.6 is 11.8 Å². The molecule has 0 aromatic heterocycles. The first-order valence-corrected chi connectivity index (χ1v) is 10.7. The zero-order valence-electron chi connectivity index (χ0n) is 17.4. The minimum absolute atomic E-state index is 0.225. The van der Waals surface area contributed by atoms with Crippen LogP contribution in [0.15, 0.2) is 41.3 Å². The fourth-order valence-electron chi connectivity index (χ4n) is 2.73. The molecule has 4 nitrogen and oxygen atoms in total. The lowest BCUT2D eigenvalue weighted by Gasteiger charge is -2.08. The monoisotopic (exact) mass is 409 g/mol. The maximum atomic E-state index is 11.8. The van der Waals surface area contributed by atoms with E-state index >= 15 is 0 Å². The van der Waals surface area contributed by atoms with E-state index in [9.17, 15) is 9.59 Å².